The van der Waals surface area contributed by atoms with Crippen LogP contribution in [0.1, 0.15) is 37.5 Å². The molecule has 1 amide bonds. The summed E-state index contributed by atoms with van der Waals surface area (Å²) in [5.74, 6) is 1.45. The first-order chi connectivity index (χ1) is 12.5. The maximum absolute atomic E-state index is 13.0. The van der Waals surface area contributed by atoms with E-state index in [9.17, 15) is 4.79 Å². The number of amides is 1. The number of aromatic nitrogens is 4. The molecule has 136 valence electrons. The lowest BCUT2D eigenvalue weighted by Gasteiger charge is -2.34. The van der Waals surface area contributed by atoms with Crippen molar-refractivity contribution < 1.29 is 4.79 Å². The highest BCUT2D eigenvalue weighted by atomic mass is 79.9. The van der Waals surface area contributed by atoms with Crippen molar-refractivity contribution in [3.05, 3.63) is 47.0 Å². The molecule has 1 aliphatic rings. The Morgan fingerprint density at radius 2 is 2.15 bits per heavy atom. The lowest BCUT2D eigenvalue weighted by atomic mass is 9.96. The van der Waals surface area contributed by atoms with Crippen molar-refractivity contribution in [1.29, 1.82) is 0 Å². The number of benzene rings is 1. The fraction of sp³-hybridized carbons (Fsp3) is 0.421. The maximum atomic E-state index is 13.0. The highest BCUT2D eigenvalue weighted by Gasteiger charge is 2.30. The van der Waals surface area contributed by atoms with Crippen LogP contribution < -0.4 is 0 Å². The highest BCUT2D eigenvalue weighted by Crippen LogP contribution is 2.29. The third-order valence-electron chi connectivity index (χ3n) is 5.24. The van der Waals surface area contributed by atoms with Crippen LogP contribution in [0.25, 0.3) is 11.0 Å². The number of para-hydroxylation sites is 2. The van der Waals surface area contributed by atoms with Crippen molar-refractivity contribution in [2.75, 3.05) is 13.1 Å². The van der Waals surface area contributed by atoms with Gasteiger partial charge >= 0.3 is 0 Å². The Kier molecular flexibility index (Phi) is 4.56. The van der Waals surface area contributed by atoms with Gasteiger partial charge in [0.1, 0.15) is 11.9 Å². The van der Waals surface area contributed by atoms with E-state index in [2.05, 4.69) is 38.7 Å². The minimum absolute atomic E-state index is 0.115. The maximum Gasteiger partial charge on any atom is 0.247 e. The molecule has 0 aliphatic carbocycles. The normalized spacial score (nSPS) is 19.0. The molecule has 2 atom stereocenters. The minimum Gasteiger partial charge on any atom is -0.340 e. The summed E-state index contributed by atoms with van der Waals surface area (Å²) in [6.45, 7) is 3.41. The first-order valence-corrected chi connectivity index (χ1v) is 9.73. The van der Waals surface area contributed by atoms with Crippen molar-refractivity contribution in [2.45, 2.75) is 31.7 Å². The second kappa shape index (κ2) is 6.87. The van der Waals surface area contributed by atoms with Gasteiger partial charge in [-0.2, -0.15) is 5.10 Å². The van der Waals surface area contributed by atoms with Crippen LogP contribution in [0.5, 0.6) is 0 Å². The average Bonchev–Trinajstić information content (AvgIpc) is 3.25. The number of carbonyl (C=O) groups is 1. The van der Waals surface area contributed by atoms with Gasteiger partial charge in [-0.1, -0.05) is 12.1 Å². The fourth-order valence-corrected chi connectivity index (χ4v) is 4.12. The van der Waals surface area contributed by atoms with E-state index in [0.29, 0.717) is 6.54 Å². The number of nitrogens with zero attached hydrogens (tertiary/aromatic N) is 5. The predicted octanol–water partition coefficient (Wildman–Crippen LogP) is 3.50. The van der Waals surface area contributed by atoms with Crippen molar-refractivity contribution in [2.24, 2.45) is 7.05 Å². The van der Waals surface area contributed by atoms with Gasteiger partial charge in [0, 0.05) is 32.3 Å². The average molecular weight is 416 g/mol. The molecule has 0 bridgehead atoms. The molecular formula is C19H22BrN5O. The van der Waals surface area contributed by atoms with E-state index < -0.39 is 0 Å². The third-order valence-corrected chi connectivity index (χ3v) is 5.65. The van der Waals surface area contributed by atoms with Crippen LogP contribution in [-0.2, 0) is 11.8 Å². The summed E-state index contributed by atoms with van der Waals surface area (Å²) >= 11 is 3.39. The Labute approximate surface area is 160 Å². The van der Waals surface area contributed by atoms with Crippen molar-refractivity contribution >= 4 is 32.9 Å². The molecule has 3 heterocycles. The fourth-order valence-electron chi connectivity index (χ4n) is 3.82. The molecule has 1 aromatic carbocycles. The van der Waals surface area contributed by atoms with E-state index in [1.165, 1.54) is 0 Å². The Hall–Kier alpha value is -2.15. The molecule has 0 N–H and O–H groups in total. The molecule has 1 aliphatic heterocycles. The van der Waals surface area contributed by atoms with Crippen LogP contribution >= 0.6 is 15.9 Å². The summed E-state index contributed by atoms with van der Waals surface area (Å²) in [4.78, 5) is 19.8. The van der Waals surface area contributed by atoms with Gasteiger partial charge in [0.15, 0.2) is 0 Å². The molecule has 1 fully saturated rings. The number of hydrogen-bond acceptors (Lipinski definition) is 3. The van der Waals surface area contributed by atoms with Gasteiger partial charge in [0.25, 0.3) is 0 Å². The van der Waals surface area contributed by atoms with Crippen molar-refractivity contribution in [3.8, 4) is 0 Å². The first kappa shape index (κ1) is 17.3. The molecule has 0 radical (unpaired) electrons. The smallest absolute Gasteiger partial charge is 0.247 e. The van der Waals surface area contributed by atoms with Gasteiger partial charge in [-0.15, -0.1) is 0 Å². The highest BCUT2D eigenvalue weighted by molar-refractivity contribution is 9.10. The molecule has 3 aromatic rings. The van der Waals surface area contributed by atoms with Crippen LogP contribution in [0.15, 0.2) is 41.1 Å². The Bertz CT molecular complexity index is 946. The molecule has 1 saturated heterocycles. The molecule has 7 heteroatoms. The number of carbonyl (C=O) groups excluding carboxylic acids is 1. The molecule has 2 unspecified atom stereocenters. The van der Waals surface area contributed by atoms with Crippen LogP contribution in [0.3, 0.4) is 0 Å². The second-order valence-corrected chi connectivity index (χ2v) is 7.87. The second-order valence-electron chi connectivity index (χ2n) is 6.96. The van der Waals surface area contributed by atoms with E-state index in [1.54, 1.807) is 10.9 Å². The number of rotatable bonds is 3. The molecule has 4 rings (SSSR count). The third kappa shape index (κ3) is 3.05. The van der Waals surface area contributed by atoms with Gasteiger partial charge in [0.05, 0.1) is 21.7 Å². The zero-order valence-corrected chi connectivity index (χ0v) is 16.6. The quantitative estimate of drug-likeness (QED) is 0.657. The van der Waals surface area contributed by atoms with Crippen molar-refractivity contribution in [1.82, 2.24) is 24.2 Å². The van der Waals surface area contributed by atoms with E-state index in [1.807, 2.05) is 36.2 Å². The first-order valence-electron chi connectivity index (χ1n) is 8.94. The number of piperidine rings is 1. The van der Waals surface area contributed by atoms with Gasteiger partial charge in [-0.25, -0.2) is 4.98 Å². The Morgan fingerprint density at radius 1 is 1.35 bits per heavy atom. The lowest BCUT2D eigenvalue weighted by Crippen LogP contribution is -2.42. The van der Waals surface area contributed by atoms with E-state index in [4.69, 9.17) is 4.98 Å². The molecular weight excluding hydrogens is 394 g/mol. The number of halogens is 1. The van der Waals surface area contributed by atoms with E-state index in [-0.39, 0.29) is 17.9 Å². The monoisotopic (exact) mass is 415 g/mol. The summed E-state index contributed by atoms with van der Waals surface area (Å²) < 4.78 is 4.76. The van der Waals surface area contributed by atoms with Gasteiger partial charge in [-0.3, -0.25) is 9.48 Å². The molecule has 26 heavy (non-hydrogen) atoms. The summed E-state index contributed by atoms with van der Waals surface area (Å²) in [7, 11) is 2.06. The summed E-state index contributed by atoms with van der Waals surface area (Å²) in [6.07, 6.45) is 5.61. The zero-order chi connectivity index (χ0) is 18.3. The van der Waals surface area contributed by atoms with Crippen LogP contribution in [0.2, 0.25) is 0 Å². The molecule has 2 aromatic heterocycles. The van der Waals surface area contributed by atoms with Gasteiger partial charge in [-0.05, 0) is 47.8 Å². The van der Waals surface area contributed by atoms with E-state index in [0.717, 1.165) is 40.7 Å². The summed E-state index contributed by atoms with van der Waals surface area (Å²) in [6, 6.07) is 7.88. The predicted molar refractivity (Wildman–Crippen MR) is 104 cm³/mol. The Morgan fingerprint density at radius 3 is 2.88 bits per heavy atom. The molecule has 0 spiro atoms. The summed E-state index contributed by atoms with van der Waals surface area (Å²) in [5.41, 5.74) is 2.16. The van der Waals surface area contributed by atoms with Crippen LogP contribution in [-0.4, -0.2) is 43.2 Å². The lowest BCUT2D eigenvalue weighted by molar-refractivity contribution is -0.135. The molecule has 0 saturated carbocycles. The van der Waals surface area contributed by atoms with Gasteiger partial charge in [0.2, 0.25) is 5.91 Å². The molecule has 6 nitrogen and oxygen atoms in total. The number of hydrogen-bond donors (Lipinski definition) is 0. The number of aryl methyl sites for hydroxylation is 1. The number of imidazole rings is 1. The SMILES string of the molecule is CC(C(=O)N1CCCC(c2nc3ccccc3n2C)C1)n1cc(Br)cn1. The summed E-state index contributed by atoms with van der Waals surface area (Å²) in [5, 5.41) is 4.26. The van der Waals surface area contributed by atoms with Gasteiger partial charge < -0.3 is 9.47 Å². The zero-order valence-electron chi connectivity index (χ0n) is 15.0. The Balaban J connectivity index is 1.55. The van der Waals surface area contributed by atoms with Crippen LogP contribution in [0, 0.1) is 0 Å². The van der Waals surface area contributed by atoms with Crippen molar-refractivity contribution in [3.63, 3.8) is 0 Å². The number of likely N-dealkylation sites (tertiary alicyclic amines) is 1. The number of fused-ring (bicyclic) bond motifs is 1. The van der Waals surface area contributed by atoms with Crippen LogP contribution in [0.4, 0.5) is 0 Å². The van der Waals surface area contributed by atoms with E-state index >= 15 is 0 Å². The standard InChI is InChI=1S/C19H22BrN5O/c1-13(25-12-15(20)10-21-25)19(26)24-9-5-6-14(11-24)18-22-16-7-3-4-8-17(16)23(18)2/h3-4,7-8,10,12-14H,5-6,9,11H2,1-2H3. The topological polar surface area (TPSA) is 56.0 Å². The minimum atomic E-state index is -0.305. The largest absolute Gasteiger partial charge is 0.340 e.